The van der Waals surface area contributed by atoms with E-state index in [2.05, 4.69) is 36.3 Å². The number of rotatable bonds is 5. The van der Waals surface area contributed by atoms with Crippen molar-refractivity contribution in [3.8, 4) is 0 Å². The molecular weight excluding hydrogens is 377 g/mol. The average molecular weight is 393 g/mol. The summed E-state index contributed by atoms with van der Waals surface area (Å²) in [4.78, 5) is 12.4. The second-order valence-corrected chi connectivity index (χ2v) is 7.52. The summed E-state index contributed by atoms with van der Waals surface area (Å²) in [7, 11) is 0. The summed E-state index contributed by atoms with van der Waals surface area (Å²) >= 11 is 19.4. The maximum Gasteiger partial charge on any atom is 0.260 e. The molecule has 0 aliphatic rings. The molecule has 2 aromatic rings. The van der Waals surface area contributed by atoms with Gasteiger partial charge >= 0.3 is 0 Å². The molecule has 0 aliphatic carbocycles. The van der Waals surface area contributed by atoms with Crippen LogP contribution in [0.1, 0.15) is 49.0 Å². The number of amides is 1. The van der Waals surface area contributed by atoms with Gasteiger partial charge in [0.05, 0.1) is 20.6 Å². The molecular formula is C15H16Cl3N3OS. The minimum absolute atomic E-state index is 0.0496. The highest BCUT2D eigenvalue weighted by molar-refractivity contribution is 7.15. The van der Waals surface area contributed by atoms with Crippen LogP contribution in [0.3, 0.4) is 0 Å². The molecule has 0 bridgehead atoms. The van der Waals surface area contributed by atoms with E-state index >= 15 is 0 Å². The van der Waals surface area contributed by atoms with E-state index < -0.39 is 5.91 Å². The maximum atomic E-state index is 12.4. The van der Waals surface area contributed by atoms with Crippen molar-refractivity contribution < 1.29 is 4.79 Å². The van der Waals surface area contributed by atoms with Gasteiger partial charge < -0.3 is 0 Å². The number of carbonyl (C=O) groups is 1. The van der Waals surface area contributed by atoms with Crippen LogP contribution in [0.5, 0.6) is 0 Å². The third kappa shape index (κ3) is 3.79. The Morgan fingerprint density at radius 1 is 1.17 bits per heavy atom. The molecule has 0 aliphatic heterocycles. The fourth-order valence-electron chi connectivity index (χ4n) is 1.96. The highest BCUT2D eigenvalue weighted by Gasteiger charge is 2.27. The summed E-state index contributed by atoms with van der Waals surface area (Å²) in [6.07, 6.45) is 1.88. The molecule has 8 heteroatoms. The lowest BCUT2D eigenvalue weighted by Crippen LogP contribution is -2.19. The number of halogens is 3. The van der Waals surface area contributed by atoms with Crippen LogP contribution >= 0.6 is 46.1 Å². The normalized spacial score (nSPS) is 11.6. The highest BCUT2D eigenvalue weighted by atomic mass is 35.5. The molecule has 0 saturated carbocycles. The van der Waals surface area contributed by atoms with Crippen LogP contribution < -0.4 is 5.32 Å². The molecule has 1 aromatic heterocycles. The van der Waals surface area contributed by atoms with E-state index in [1.807, 2.05) is 0 Å². The van der Waals surface area contributed by atoms with Crippen LogP contribution in [0.15, 0.2) is 12.1 Å². The quantitative estimate of drug-likeness (QED) is 0.651. The fourth-order valence-corrected chi connectivity index (χ4v) is 3.69. The molecule has 0 radical (unpaired) electrons. The van der Waals surface area contributed by atoms with E-state index in [4.69, 9.17) is 34.8 Å². The zero-order valence-electron chi connectivity index (χ0n) is 12.9. The first-order valence-corrected chi connectivity index (χ1v) is 9.06. The lowest BCUT2D eigenvalue weighted by Gasteiger charge is -2.22. The Kier molecular flexibility index (Phi) is 5.89. The standard InChI is InChI=1S/C15H16Cl3N3OS/c1-4-15(3,5-2)13-20-21-14(23-13)19-12(22)10-8(16)6-7-9(17)11(10)18/h6-7H,4-5H2,1-3H3,(H,19,21,22). The summed E-state index contributed by atoms with van der Waals surface area (Å²) in [5, 5.41) is 12.8. The number of benzene rings is 1. The Morgan fingerprint density at radius 3 is 2.39 bits per heavy atom. The van der Waals surface area contributed by atoms with Crippen molar-refractivity contribution in [1.82, 2.24) is 10.2 Å². The minimum Gasteiger partial charge on any atom is -0.296 e. The Morgan fingerprint density at radius 2 is 1.78 bits per heavy atom. The third-order valence-corrected chi connectivity index (χ3v) is 6.26. The lowest BCUT2D eigenvalue weighted by atomic mass is 9.86. The smallest absolute Gasteiger partial charge is 0.260 e. The Bertz CT molecular complexity index is 729. The number of hydrogen-bond donors (Lipinski definition) is 1. The Hall–Kier alpha value is -0.880. The van der Waals surface area contributed by atoms with E-state index in [1.54, 1.807) is 6.07 Å². The molecule has 0 spiro atoms. The van der Waals surface area contributed by atoms with E-state index in [0.717, 1.165) is 17.8 Å². The molecule has 0 atom stereocenters. The largest absolute Gasteiger partial charge is 0.296 e. The van der Waals surface area contributed by atoms with Crippen molar-refractivity contribution in [2.24, 2.45) is 0 Å². The van der Waals surface area contributed by atoms with E-state index in [0.29, 0.717) is 5.13 Å². The predicted octanol–water partition coefficient (Wildman–Crippen LogP) is 5.83. The van der Waals surface area contributed by atoms with Gasteiger partial charge in [0.2, 0.25) is 5.13 Å². The molecule has 23 heavy (non-hydrogen) atoms. The van der Waals surface area contributed by atoms with Crippen LogP contribution in [0.25, 0.3) is 0 Å². The second-order valence-electron chi connectivity index (χ2n) is 5.35. The maximum absolute atomic E-state index is 12.4. The number of nitrogens with one attached hydrogen (secondary N) is 1. The van der Waals surface area contributed by atoms with Crippen molar-refractivity contribution >= 4 is 57.2 Å². The third-order valence-electron chi connectivity index (χ3n) is 3.99. The van der Waals surface area contributed by atoms with Gasteiger partial charge in [-0.3, -0.25) is 10.1 Å². The van der Waals surface area contributed by atoms with Gasteiger partial charge in [0.1, 0.15) is 5.01 Å². The number of hydrogen-bond acceptors (Lipinski definition) is 4. The number of nitrogens with zero attached hydrogens (tertiary/aromatic N) is 2. The van der Waals surface area contributed by atoms with E-state index in [1.165, 1.54) is 17.4 Å². The van der Waals surface area contributed by atoms with Crippen LogP contribution in [0.2, 0.25) is 15.1 Å². The van der Waals surface area contributed by atoms with Crippen LogP contribution in [-0.4, -0.2) is 16.1 Å². The minimum atomic E-state index is -0.458. The zero-order chi connectivity index (χ0) is 17.2. The number of aromatic nitrogens is 2. The summed E-state index contributed by atoms with van der Waals surface area (Å²) in [6, 6.07) is 3.07. The predicted molar refractivity (Wildman–Crippen MR) is 97.3 cm³/mol. The van der Waals surface area contributed by atoms with Gasteiger partial charge in [-0.05, 0) is 25.0 Å². The molecule has 124 valence electrons. The average Bonchev–Trinajstić information content (AvgIpc) is 2.99. The van der Waals surface area contributed by atoms with Gasteiger partial charge in [0, 0.05) is 5.41 Å². The molecule has 4 nitrogen and oxygen atoms in total. The molecule has 2 rings (SSSR count). The van der Waals surface area contributed by atoms with Crippen molar-refractivity contribution in [3.05, 3.63) is 37.8 Å². The second kappa shape index (κ2) is 7.34. The molecule has 1 aromatic carbocycles. The van der Waals surface area contributed by atoms with E-state index in [-0.39, 0.29) is 26.0 Å². The van der Waals surface area contributed by atoms with Crippen molar-refractivity contribution in [2.75, 3.05) is 5.32 Å². The number of anilines is 1. The zero-order valence-corrected chi connectivity index (χ0v) is 16.0. The summed E-state index contributed by atoms with van der Waals surface area (Å²) < 4.78 is 0. The number of carbonyl (C=O) groups excluding carboxylic acids is 1. The summed E-state index contributed by atoms with van der Waals surface area (Å²) in [6.45, 7) is 6.34. The molecule has 0 fully saturated rings. The molecule has 1 amide bonds. The van der Waals surface area contributed by atoms with Gasteiger partial charge in [0.15, 0.2) is 0 Å². The molecule has 0 unspecified atom stereocenters. The molecule has 1 N–H and O–H groups in total. The first-order valence-electron chi connectivity index (χ1n) is 7.11. The Balaban J connectivity index is 2.26. The SMILES string of the molecule is CCC(C)(CC)c1nnc(NC(=O)c2c(Cl)ccc(Cl)c2Cl)s1. The summed E-state index contributed by atoms with van der Waals surface area (Å²) in [5.41, 5.74) is 0.0812. The highest BCUT2D eigenvalue weighted by Crippen LogP contribution is 2.35. The van der Waals surface area contributed by atoms with E-state index in [9.17, 15) is 4.79 Å². The van der Waals surface area contributed by atoms with Gasteiger partial charge in [-0.25, -0.2) is 0 Å². The topological polar surface area (TPSA) is 54.9 Å². The van der Waals surface area contributed by atoms with Crippen LogP contribution in [0.4, 0.5) is 5.13 Å². The first-order chi connectivity index (χ1) is 10.8. The molecule has 1 heterocycles. The first kappa shape index (κ1) is 18.5. The van der Waals surface area contributed by atoms with Gasteiger partial charge in [-0.1, -0.05) is 66.9 Å². The lowest BCUT2D eigenvalue weighted by molar-refractivity contribution is 0.102. The van der Waals surface area contributed by atoms with Crippen LogP contribution in [0, 0.1) is 0 Å². The van der Waals surface area contributed by atoms with Crippen LogP contribution in [-0.2, 0) is 5.41 Å². The van der Waals surface area contributed by atoms with Crippen molar-refractivity contribution in [2.45, 2.75) is 39.0 Å². The molecule has 0 saturated heterocycles. The Labute approximate surface area is 154 Å². The van der Waals surface area contributed by atoms with Crippen molar-refractivity contribution in [1.29, 1.82) is 0 Å². The van der Waals surface area contributed by atoms with Gasteiger partial charge in [0.25, 0.3) is 5.91 Å². The van der Waals surface area contributed by atoms with Gasteiger partial charge in [-0.2, -0.15) is 0 Å². The monoisotopic (exact) mass is 391 g/mol. The van der Waals surface area contributed by atoms with Crippen molar-refractivity contribution in [3.63, 3.8) is 0 Å². The van der Waals surface area contributed by atoms with Gasteiger partial charge in [-0.15, -0.1) is 10.2 Å². The fraction of sp³-hybridized carbons (Fsp3) is 0.400. The summed E-state index contributed by atoms with van der Waals surface area (Å²) in [5.74, 6) is -0.458.